The number of benzene rings is 1. The summed E-state index contributed by atoms with van der Waals surface area (Å²) in [6, 6.07) is 5.08. The molecule has 1 amide bonds. The standard InChI is InChI=1S/C26H31ClN4O5S/c1-25(2,3)35-23(33)28-17-10-8-15-16(27)9-7-14(19(15)17)13-31-18-11-12-30(24(34)36-26(4,5)6)20(18)21(32)29-22(31)37/h7,9,11-12,17H,8,10,13H2,1-6H3,(H,28,33)(H,29,32,37). The number of aromatic amines is 1. The van der Waals surface area contributed by atoms with Crippen LogP contribution in [0.3, 0.4) is 0 Å². The lowest BCUT2D eigenvalue weighted by Crippen LogP contribution is -2.34. The minimum atomic E-state index is -0.728. The first-order chi connectivity index (χ1) is 17.1. The second-order valence-electron chi connectivity index (χ2n) is 11.1. The van der Waals surface area contributed by atoms with Gasteiger partial charge in [0.1, 0.15) is 16.7 Å². The maximum absolute atomic E-state index is 12.8. The van der Waals surface area contributed by atoms with Crippen molar-refractivity contribution in [2.24, 2.45) is 0 Å². The van der Waals surface area contributed by atoms with Crippen molar-refractivity contribution in [2.45, 2.75) is 78.2 Å². The highest BCUT2D eigenvalue weighted by Crippen LogP contribution is 2.39. The number of H-pyrrole nitrogens is 1. The van der Waals surface area contributed by atoms with Crippen molar-refractivity contribution < 1.29 is 19.1 Å². The fourth-order valence-corrected chi connectivity index (χ4v) is 5.04. The Morgan fingerprint density at radius 2 is 1.81 bits per heavy atom. The number of aromatic nitrogens is 3. The van der Waals surface area contributed by atoms with Crippen LogP contribution in [0.15, 0.2) is 29.2 Å². The first-order valence-electron chi connectivity index (χ1n) is 12.0. The number of amides is 1. The van der Waals surface area contributed by atoms with Gasteiger partial charge < -0.3 is 19.4 Å². The quantitative estimate of drug-likeness (QED) is 0.399. The molecule has 0 fully saturated rings. The zero-order valence-electron chi connectivity index (χ0n) is 21.7. The monoisotopic (exact) mass is 546 g/mol. The van der Waals surface area contributed by atoms with Crippen LogP contribution in [0.25, 0.3) is 11.0 Å². The number of fused-ring (bicyclic) bond motifs is 2. The summed E-state index contributed by atoms with van der Waals surface area (Å²) in [5, 5.41) is 3.59. The van der Waals surface area contributed by atoms with Crippen molar-refractivity contribution in [3.63, 3.8) is 0 Å². The second kappa shape index (κ2) is 9.64. The number of rotatable bonds is 3. The van der Waals surface area contributed by atoms with Crippen LogP contribution < -0.4 is 10.9 Å². The van der Waals surface area contributed by atoms with Crippen molar-refractivity contribution in [3.8, 4) is 0 Å². The van der Waals surface area contributed by atoms with Gasteiger partial charge in [0.05, 0.1) is 18.1 Å². The molecule has 2 aromatic heterocycles. The fourth-order valence-electron chi connectivity index (χ4n) is 4.53. The summed E-state index contributed by atoms with van der Waals surface area (Å²) >= 11 is 12.0. The summed E-state index contributed by atoms with van der Waals surface area (Å²) in [5.41, 5.74) is 1.53. The van der Waals surface area contributed by atoms with E-state index < -0.39 is 28.9 Å². The third kappa shape index (κ3) is 5.75. The van der Waals surface area contributed by atoms with E-state index in [1.54, 1.807) is 31.4 Å². The molecule has 1 aliphatic rings. The normalized spacial score (nSPS) is 15.5. The van der Waals surface area contributed by atoms with Gasteiger partial charge in [-0.1, -0.05) is 17.7 Å². The van der Waals surface area contributed by atoms with Crippen LogP contribution in [0.2, 0.25) is 5.02 Å². The molecular weight excluding hydrogens is 516 g/mol. The van der Waals surface area contributed by atoms with Gasteiger partial charge in [-0.15, -0.1) is 0 Å². The van der Waals surface area contributed by atoms with Crippen LogP contribution in [-0.2, 0) is 22.4 Å². The molecule has 198 valence electrons. The van der Waals surface area contributed by atoms with Crippen LogP contribution in [0.5, 0.6) is 0 Å². The lowest BCUT2D eigenvalue weighted by atomic mass is 10.0. The third-order valence-corrected chi connectivity index (χ3v) is 6.54. The maximum Gasteiger partial charge on any atom is 0.419 e. The van der Waals surface area contributed by atoms with Gasteiger partial charge in [0.15, 0.2) is 4.77 Å². The number of ether oxygens (including phenoxy) is 2. The molecule has 11 heteroatoms. The highest BCUT2D eigenvalue weighted by molar-refractivity contribution is 7.71. The molecule has 4 rings (SSSR count). The molecule has 1 aromatic carbocycles. The Kier molecular flexibility index (Phi) is 7.02. The Morgan fingerprint density at radius 1 is 1.14 bits per heavy atom. The number of nitrogens with one attached hydrogen (secondary N) is 2. The number of hydrogen-bond donors (Lipinski definition) is 2. The smallest absolute Gasteiger partial charge is 0.419 e. The van der Waals surface area contributed by atoms with Gasteiger partial charge in [-0.25, -0.2) is 14.2 Å². The molecule has 9 nitrogen and oxygen atoms in total. The SMILES string of the molecule is CC(C)(C)OC(=O)NC1CCc2c(Cl)ccc(Cn3c(=S)[nH]c(=O)c4c3ccn4C(=O)OC(C)(C)C)c21. The molecule has 2 N–H and O–H groups in total. The molecule has 1 unspecified atom stereocenters. The Labute approximate surface area is 224 Å². The van der Waals surface area contributed by atoms with E-state index >= 15 is 0 Å². The van der Waals surface area contributed by atoms with Crippen molar-refractivity contribution in [1.29, 1.82) is 0 Å². The predicted molar refractivity (Wildman–Crippen MR) is 144 cm³/mol. The van der Waals surface area contributed by atoms with Crippen molar-refractivity contribution >= 4 is 47.0 Å². The highest BCUT2D eigenvalue weighted by Gasteiger charge is 2.30. The van der Waals surface area contributed by atoms with E-state index in [1.165, 1.54) is 10.8 Å². The molecule has 37 heavy (non-hydrogen) atoms. The second-order valence-corrected chi connectivity index (χ2v) is 11.9. The number of hydrogen-bond acceptors (Lipinski definition) is 6. The summed E-state index contributed by atoms with van der Waals surface area (Å²) in [5.74, 6) is 0. The summed E-state index contributed by atoms with van der Waals surface area (Å²) in [4.78, 5) is 40.8. The van der Waals surface area contributed by atoms with Crippen LogP contribution in [-0.4, -0.2) is 37.5 Å². The van der Waals surface area contributed by atoms with Gasteiger partial charge in [-0.2, -0.15) is 0 Å². The van der Waals surface area contributed by atoms with Gasteiger partial charge in [0.25, 0.3) is 5.56 Å². The molecular formula is C26H31ClN4O5S. The van der Waals surface area contributed by atoms with E-state index in [1.807, 2.05) is 32.9 Å². The number of carbonyl (C=O) groups excluding carboxylic acids is 2. The Hall–Kier alpha value is -3.11. The largest absolute Gasteiger partial charge is 0.444 e. The van der Waals surface area contributed by atoms with Gasteiger partial charge in [-0.05, 0) is 95.4 Å². The molecule has 0 radical (unpaired) electrons. The van der Waals surface area contributed by atoms with Gasteiger partial charge in [0.2, 0.25) is 0 Å². The lowest BCUT2D eigenvalue weighted by molar-refractivity contribution is 0.0500. The molecule has 0 aliphatic heterocycles. The zero-order valence-corrected chi connectivity index (χ0v) is 23.3. The molecule has 0 bridgehead atoms. The number of alkyl carbamates (subject to hydrolysis) is 1. The lowest BCUT2D eigenvalue weighted by Gasteiger charge is -2.23. The van der Waals surface area contributed by atoms with E-state index in [0.717, 1.165) is 16.7 Å². The Bertz CT molecular complexity index is 1510. The Balaban J connectivity index is 1.75. The van der Waals surface area contributed by atoms with Crippen LogP contribution in [0, 0.1) is 4.77 Å². The summed E-state index contributed by atoms with van der Waals surface area (Å²) in [6.45, 7) is 11.0. The average molecular weight is 547 g/mol. The van der Waals surface area contributed by atoms with Gasteiger partial charge in [0, 0.05) is 11.2 Å². The van der Waals surface area contributed by atoms with Crippen molar-refractivity contribution in [1.82, 2.24) is 19.4 Å². The number of carbonyl (C=O) groups is 2. The molecule has 0 saturated heterocycles. The van der Waals surface area contributed by atoms with E-state index in [9.17, 15) is 14.4 Å². The van der Waals surface area contributed by atoms with E-state index in [4.69, 9.17) is 33.3 Å². The molecule has 2 heterocycles. The van der Waals surface area contributed by atoms with Crippen molar-refractivity contribution in [2.75, 3.05) is 0 Å². The summed E-state index contributed by atoms with van der Waals surface area (Å²) < 4.78 is 14.1. The van der Waals surface area contributed by atoms with Crippen LogP contribution in [0.4, 0.5) is 9.59 Å². The molecule has 1 atom stereocenters. The minimum Gasteiger partial charge on any atom is -0.444 e. The Morgan fingerprint density at radius 3 is 2.46 bits per heavy atom. The molecule has 3 aromatic rings. The molecule has 1 aliphatic carbocycles. The van der Waals surface area contributed by atoms with Crippen molar-refractivity contribution in [3.05, 3.63) is 61.2 Å². The van der Waals surface area contributed by atoms with Crippen LogP contribution in [0.1, 0.15) is 70.7 Å². The number of halogens is 1. The van der Waals surface area contributed by atoms with E-state index in [-0.39, 0.29) is 22.9 Å². The van der Waals surface area contributed by atoms with Gasteiger partial charge >= 0.3 is 12.2 Å². The predicted octanol–water partition coefficient (Wildman–Crippen LogP) is 5.86. The summed E-state index contributed by atoms with van der Waals surface area (Å²) in [7, 11) is 0. The topological polar surface area (TPSA) is 107 Å². The zero-order chi connectivity index (χ0) is 27.3. The first-order valence-corrected chi connectivity index (χ1v) is 12.8. The van der Waals surface area contributed by atoms with E-state index in [0.29, 0.717) is 23.4 Å². The molecule has 0 spiro atoms. The fraction of sp³-hybridized carbons (Fsp3) is 0.462. The maximum atomic E-state index is 12.8. The number of nitrogens with zero attached hydrogens (tertiary/aromatic N) is 2. The van der Waals surface area contributed by atoms with E-state index in [2.05, 4.69) is 10.3 Å². The first kappa shape index (κ1) is 26.9. The minimum absolute atomic E-state index is 0.136. The summed E-state index contributed by atoms with van der Waals surface area (Å²) in [6.07, 6.45) is 1.70. The third-order valence-electron chi connectivity index (χ3n) is 5.87. The average Bonchev–Trinajstić information content (AvgIpc) is 3.36. The molecule has 0 saturated carbocycles. The highest BCUT2D eigenvalue weighted by atomic mass is 35.5. The van der Waals surface area contributed by atoms with Gasteiger partial charge in [-0.3, -0.25) is 9.78 Å². The van der Waals surface area contributed by atoms with Crippen LogP contribution >= 0.6 is 23.8 Å².